The first-order valence-corrected chi connectivity index (χ1v) is 8.53. The van der Waals surface area contributed by atoms with E-state index in [4.69, 9.17) is 10.5 Å². The lowest BCUT2D eigenvalue weighted by Crippen LogP contribution is -2.04. The van der Waals surface area contributed by atoms with E-state index in [9.17, 15) is 4.79 Å². The Labute approximate surface area is 132 Å². The number of nitrogen functional groups attached to an aromatic ring is 1. The van der Waals surface area contributed by atoms with Gasteiger partial charge in [-0.05, 0) is 18.2 Å². The van der Waals surface area contributed by atoms with Gasteiger partial charge in [0.25, 0.3) is 0 Å². The molecule has 1 heterocycles. The van der Waals surface area contributed by atoms with E-state index in [2.05, 4.69) is 17.4 Å². The second-order valence-electron chi connectivity index (χ2n) is 4.36. The number of ether oxygens (including phenoxy) is 1. The van der Waals surface area contributed by atoms with Gasteiger partial charge in [-0.1, -0.05) is 30.3 Å². The van der Waals surface area contributed by atoms with Crippen LogP contribution in [-0.2, 0) is 11.2 Å². The molecule has 0 bridgehead atoms. The minimum absolute atomic E-state index is 0.385. The lowest BCUT2D eigenvalue weighted by atomic mass is 10.1. The van der Waals surface area contributed by atoms with Crippen molar-refractivity contribution in [2.24, 2.45) is 0 Å². The molecule has 4 nitrogen and oxygen atoms in total. The molecular formula is C15H18N2O2S2. The summed E-state index contributed by atoms with van der Waals surface area (Å²) in [4.78, 5) is 13.1. The molecular weight excluding hydrogens is 304 g/mol. The van der Waals surface area contributed by atoms with Gasteiger partial charge >= 0.3 is 5.97 Å². The van der Waals surface area contributed by atoms with Crippen molar-refractivity contribution < 1.29 is 9.53 Å². The molecule has 0 saturated carbocycles. The Bertz CT molecular complexity index is 612. The van der Waals surface area contributed by atoms with Gasteiger partial charge in [0.1, 0.15) is 9.88 Å². The van der Waals surface area contributed by atoms with E-state index in [1.165, 1.54) is 35.8 Å². The van der Waals surface area contributed by atoms with Crippen LogP contribution >= 0.6 is 23.1 Å². The van der Waals surface area contributed by atoms with E-state index in [-0.39, 0.29) is 5.97 Å². The van der Waals surface area contributed by atoms with Crippen LogP contribution < -0.4 is 11.1 Å². The van der Waals surface area contributed by atoms with Crippen LogP contribution in [0.2, 0.25) is 0 Å². The summed E-state index contributed by atoms with van der Waals surface area (Å²) in [7, 11) is 1.36. The van der Waals surface area contributed by atoms with E-state index in [0.717, 1.165) is 22.9 Å². The lowest BCUT2D eigenvalue weighted by molar-refractivity contribution is 0.0607. The number of benzene rings is 1. The first kappa shape index (κ1) is 15.7. The molecule has 21 heavy (non-hydrogen) atoms. The molecule has 0 amide bonds. The fourth-order valence-electron chi connectivity index (χ4n) is 1.96. The highest BCUT2D eigenvalue weighted by molar-refractivity contribution is 7.99. The number of hydrogen-bond donors (Lipinski definition) is 2. The van der Waals surface area contributed by atoms with Crippen LogP contribution in [0.15, 0.2) is 35.2 Å². The molecule has 0 radical (unpaired) electrons. The van der Waals surface area contributed by atoms with Crippen molar-refractivity contribution in [1.29, 1.82) is 0 Å². The van der Waals surface area contributed by atoms with Crippen molar-refractivity contribution in [1.82, 2.24) is 0 Å². The van der Waals surface area contributed by atoms with Gasteiger partial charge in [-0.15, -0.1) is 23.1 Å². The zero-order valence-electron chi connectivity index (χ0n) is 12.0. The van der Waals surface area contributed by atoms with Crippen LogP contribution in [0.5, 0.6) is 0 Å². The Morgan fingerprint density at radius 3 is 2.71 bits per heavy atom. The minimum atomic E-state index is -0.385. The van der Waals surface area contributed by atoms with E-state index >= 15 is 0 Å². The smallest absolute Gasteiger partial charge is 0.350 e. The van der Waals surface area contributed by atoms with E-state index in [1.807, 2.05) is 24.5 Å². The second kappa shape index (κ2) is 7.38. The van der Waals surface area contributed by atoms with E-state index in [1.54, 1.807) is 0 Å². The predicted octanol–water partition coefficient (Wildman–Crippen LogP) is 3.49. The molecule has 6 heteroatoms. The number of rotatable bonds is 6. The van der Waals surface area contributed by atoms with E-state index < -0.39 is 0 Å². The molecule has 2 rings (SSSR count). The van der Waals surface area contributed by atoms with Gasteiger partial charge in [-0.25, -0.2) is 4.79 Å². The van der Waals surface area contributed by atoms with Crippen molar-refractivity contribution in [3.63, 3.8) is 0 Å². The Morgan fingerprint density at radius 2 is 2.10 bits per heavy atom. The Balaban J connectivity index is 2.07. The van der Waals surface area contributed by atoms with Crippen LogP contribution in [0.4, 0.5) is 10.7 Å². The quantitative estimate of drug-likeness (QED) is 0.629. The standard InChI is InChI=1S/C15H18N2O2S2/c1-19-15(18)13-11(16)12(20-2)14(21-13)17-9-8-10-6-4-3-5-7-10/h3-7,17H,8-9,16H2,1-2H3. The van der Waals surface area contributed by atoms with Crippen molar-refractivity contribution in [2.75, 3.05) is 31.0 Å². The van der Waals surface area contributed by atoms with Crippen molar-refractivity contribution in [3.8, 4) is 0 Å². The predicted molar refractivity (Wildman–Crippen MR) is 90.5 cm³/mol. The van der Waals surface area contributed by atoms with Gasteiger partial charge in [-0.3, -0.25) is 0 Å². The second-order valence-corrected chi connectivity index (χ2v) is 6.20. The topological polar surface area (TPSA) is 64.3 Å². The molecule has 0 spiro atoms. The summed E-state index contributed by atoms with van der Waals surface area (Å²) in [6, 6.07) is 10.3. The van der Waals surface area contributed by atoms with Crippen LogP contribution in [0.25, 0.3) is 0 Å². The number of hydrogen-bond acceptors (Lipinski definition) is 6. The van der Waals surface area contributed by atoms with E-state index in [0.29, 0.717) is 10.6 Å². The molecule has 0 unspecified atom stereocenters. The average Bonchev–Trinajstić information content (AvgIpc) is 2.83. The molecule has 1 aromatic carbocycles. The molecule has 0 saturated heterocycles. The summed E-state index contributed by atoms with van der Waals surface area (Å²) in [6.07, 6.45) is 2.86. The number of anilines is 2. The Kier molecular flexibility index (Phi) is 5.52. The first-order chi connectivity index (χ1) is 10.2. The van der Waals surface area contributed by atoms with Gasteiger partial charge < -0.3 is 15.8 Å². The zero-order valence-corrected chi connectivity index (χ0v) is 13.6. The maximum Gasteiger partial charge on any atom is 0.350 e. The summed E-state index contributed by atoms with van der Waals surface area (Å²) < 4.78 is 4.76. The highest BCUT2D eigenvalue weighted by atomic mass is 32.2. The third-order valence-electron chi connectivity index (χ3n) is 3.02. The molecule has 3 N–H and O–H groups in total. The third kappa shape index (κ3) is 3.71. The van der Waals surface area contributed by atoms with Crippen LogP contribution in [-0.4, -0.2) is 25.9 Å². The Morgan fingerprint density at radius 1 is 1.38 bits per heavy atom. The van der Waals surface area contributed by atoms with Crippen molar-refractivity contribution >= 4 is 39.8 Å². The molecule has 0 aliphatic rings. The number of carbonyl (C=O) groups excluding carboxylic acids is 1. The largest absolute Gasteiger partial charge is 0.465 e. The molecule has 112 valence electrons. The SMILES string of the molecule is COC(=O)c1sc(NCCc2ccccc2)c(SC)c1N. The molecule has 0 fully saturated rings. The number of esters is 1. The lowest BCUT2D eigenvalue weighted by Gasteiger charge is -2.06. The van der Waals surface area contributed by atoms with Crippen LogP contribution in [0.3, 0.4) is 0 Å². The number of nitrogens with one attached hydrogen (secondary N) is 1. The van der Waals surface area contributed by atoms with Crippen LogP contribution in [0.1, 0.15) is 15.2 Å². The number of nitrogens with two attached hydrogens (primary N) is 1. The molecule has 1 aromatic heterocycles. The maximum absolute atomic E-state index is 11.7. The maximum atomic E-state index is 11.7. The van der Waals surface area contributed by atoms with Crippen molar-refractivity contribution in [2.45, 2.75) is 11.3 Å². The fraction of sp³-hybridized carbons (Fsp3) is 0.267. The highest BCUT2D eigenvalue weighted by Gasteiger charge is 2.20. The monoisotopic (exact) mass is 322 g/mol. The molecule has 0 aliphatic carbocycles. The summed E-state index contributed by atoms with van der Waals surface area (Å²) in [5, 5.41) is 4.29. The Hall–Kier alpha value is -1.66. The minimum Gasteiger partial charge on any atom is -0.465 e. The third-order valence-corrected chi connectivity index (χ3v) is 5.12. The number of thiophene rings is 1. The van der Waals surface area contributed by atoms with Gasteiger partial charge in [0, 0.05) is 6.54 Å². The molecule has 0 atom stereocenters. The average molecular weight is 322 g/mol. The summed E-state index contributed by atoms with van der Waals surface area (Å²) in [5.74, 6) is -0.385. The molecule has 0 aliphatic heterocycles. The number of methoxy groups -OCH3 is 1. The normalized spacial score (nSPS) is 10.4. The fourth-order valence-corrected chi connectivity index (χ4v) is 3.94. The first-order valence-electron chi connectivity index (χ1n) is 6.49. The summed E-state index contributed by atoms with van der Waals surface area (Å²) >= 11 is 2.88. The summed E-state index contributed by atoms with van der Waals surface area (Å²) in [5.41, 5.74) is 7.80. The zero-order chi connectivity index (χ0) is 15.2. The van der Waals surface area contributed by atoms with Gasteiger partial charge in [0.2, 0.25) is 0 Å². The van der Waals surface area contributed by atoms with Gasteiger partial charge in [0.15, 0.2) is 0 Å². The summed E-state index contributed by atoms with van der Waals surface area (Å²) in [6.45, 7) is 0.790. The van der Waals surface area contributed by atoms with Crippen molar-refractivity contribution in [3.05, 3.63) is 40.8 Å². The van der Waals surface area contributed by atoms with Gasteiger partial charge in [-0.2, -0.15) is 0 Å². The van der Waals surface area contributed by atoms with Crippen LogP contribution in [0, 0.1) is 0 Å². The highest BCUT2D eigenvalue weighted by Crippen LogP contribution is 2.41. The number of carbonyl (C=O) groups is 1. The molecule has 2 aromatic rings. The number of thioether (sulfide) groups is 1. The van der Waals surface area contributed by atoms with Gasteiger partial charge in [0.05, 0.1) is 17.7 Å².